The van der Waals surface area contributed by atoms with Gasteiger partial charge in [-0.2, -0.15) is 0 Å². The smallest absolute Gasteiger partial charge is 0.227 e. The largest absolute Gasteiger partial charge is 0.393 e. The summed E-state index contributed by atoms with van der Waals surface area (Å²) < 4.78 is 5.54. The first-order chi connectivity index (χ1) is 19.0. The van der Waals surface area contributed by atoms with Crippen molar-refractivity contribution in [3.8, 4) is 22.5 Å². The molecule has 0 atom stereocenters. The molecule has 0 bridgehead atoms. The Balaban J connectivity index is 1.34. The van der Waals surface area contributed by atoms with E-state index in [4.69, 9.17) is 25.4 Å². The number of carbonyl (C=O) groups is 1. The van der Waals surface area contributed by atoms with Gasteiger partial charge in [-0.1, -0.05) is 12.1 Å². The zero-order valence-corrected chi connectivity index (χ0v) is 21.5. The molecule has 1 amide bonds. The molecule has 1 saturated heterocycles. The number of aliphatic hydroxyl groups excluding tert-OH is 1. The van der Waals surface area contributed by atoms with Gasteiger partial charge >= 0.3 is 0 Å². The normalized spacial score (nSPS) is 19.7. The predicted octanol–water partition coefficient (Wildman–Crippen LogP) is 3.06. The highest BCUT2D eigenvalue weighted by molar-refractivity contribution is 5.94. The molecule has 2 aliphatic rings. The van der Waals surface area contributed by atoms with Crippen molar-refractivity contribution >= 4 is 34.4 Å². The SMILES string of the molecule is Nc1ncc(-c2nc(N3CCOCC3)c3ncc(-c4cccc(NC(=O)C5CCC(O)CC5)c4)cc3n2)cn1. The van der Waals surface area contributed by atoms with E-state index in [1.54, 1.807) is 12.4 Å². The third-order valence-electron chi connectivity index (χ3n) is 7.29. The van der Waals surface area contributed by atoms with Crippen LogP contribution in [0.15, 0.2) is 48.9 Å². The molecule has 6 rings (SSSR count). The third-order valence-corrected chi connectivity index (χ3v) is 7.29. The number of nitrogen functional groups attached to an aromatic ring is 1. The van der Waals surface area contributed by atoms with Crippen LogP contribution in [0.3, 0.4) is 0 Å². The molecule has 0 spiro atoms. The van der Waals surface area contributed by atoms with Crippen LogP contribution in [0, 0.1) is 5.92 Å². The standard InChI is InChI=1S/C28H30N8O3/c29-28-31-15-20(16-32-28)25-34-23-13-19(14-30-24(23)26(35-25)36-8-10-39-11-9-36)18-2-1-3-21(12-18)33-27(38)17-4-6-22(37)7-5-17/h1-3,12-17,22,37H,4-11H2,(H,33,38)(H2,29,31,32). The first kappa shape index (κ1) is 25.1. The first-order valence-corrected chi connectivity index (χ1v) is 13.2. The predicted molar refractivity (Wildman–Crippen MR) is 148 cm³/mol. The molecule has 1 aliphatic heterocycles. The fraction of sp³-hybridized carbons (Fsp3) is 0.357. The number of anilines is 3. The zero-order valence-electron chi connectivity index (χ0n) is 21.5. The Hall–Kier alpha value is -4.22. The number of nitrogens with two attached hydrogens (primary N) is 1. The number of aromatic nitrogens is 5. The fourth-order valence-corrected chi connectivity index (χ4v) is 5.10. The lowest BCUT2D eigenvalue weighted by atomic mass is 9.87. The Morgan fingerprint density at radius 3 is 2.46 bits per heavy atom. The van der Waals surface area contributed by atoms with Crippen LogP contribution in [0.1, 0.15) is 25.7 Å². The number of hydrogen-bond donors (Lipinski definition) is 3. The number of nitrogens with one attached hydrogen (secondary N) is 1. The van der Waals surface area contributed by atoms with Gasteiger partial charge in [-0.25, -0.2) is 19.9 Å². The first-order valence-electron chi connectivity index (χ1n) is 13.2. The number of nitrogens with zero attached hydrogens (tertiary/aromatic N) is 6. The molecular weight excluding hydrogens is 496 g/mol. The van der Waals surface area contributed by atoms with Gasteiger partial charge in [0.1, 0.15) is 5.52 Å². The van der Waals surface area contributed by atoms with Crippen molar-refractivity contribution in [2.45, 2.75) is 31.8 Å². The van der Waals surface area contributed by atoms with E-state index < -0.39 is 0 Å². The van der Waals surface area contributed by atoms with Gasteiger partial charge < -0.3 is 25.8 Å². The van der Waals surface area contributed by atoms with Crippen molar-refractivity contribution in [3.63, 3.8) is 0 Å². The second-order valence-electron chi connectivity index (χ2n) is 9.97. The summed E-state index contributed by atoms with van der Waals surface area (Å²) in [6.45, 7) is 2.64. The van der Waals surface area contributed by atoms with Crippen LogP contribution in [0.5, 0.6) is 0 Å². The summed E-state index contributed by atoms with van der Waals surface area (Å²) in [5.41, 5.74) is 10.2. The number of ether oxygens (including phenoxy) is 1. The Morgan fingerprint density at radius 1 is 0.949 bits per heavy atom. The number of amides is 1. The molecule has 4 aromatic rings. The lowest BCUT2D eigenvalue weighted by Crippen LogP contribution is -2.37. The molecule has 2 fully saturated rings. The van der Waals surface area contributed by atoms with Crippen molar-refractivity contribution in [1.82, 2.24) is 24.9 Å². The van der Waals surface area contributed by atoms with Crippen molar-refractivity contribution < 1.29 is 14.6 Å². The lowest BCUT2D eigenvalue weighted by Gasteiger charge is -2.28. The summed E-state index contributed by atoms with van der Waals surface area (Å²) in [6, 6.07) is 9.70. The second kappa shape index (κ2) is 10.9. The van der Waals surface area contributed by atoms with Gasteiger partial charge in [-0.05, 0) is 49.4 Å². The minimum Gasteiger partial charge on any atom is -0.393 e. The Labute approximate surface area is 225 Å². The Morgan fingerprint density at radius 2 is 1.69 bits per heavy atom. The maximum atomic E-state index is 12.8. The maximum absolute atomic E-state index is 12.8. The molecule has 39 heavy (non-hydrogen) atoms. The molecule has 3 aromatic heterocycles. The number of hydrogen-bond acceptors (Lipinski definition) is 10. The Bertz CT molecular complexity index is 1480. The summed E-state index contributed by atoms with van der Waals surface area (Å²) >= 11 is 0. The van der Waals surface area contributed by atoms with E-state index in [9.17, 15) is 9.90 Å². The van der Waals surface area contributed by atoms with Gasteiger partial charge in [-0.3, -0.25) is 9.78 Å². The van der Waals surface area contributed by atoms with Crippen molar-refractivity contribution in [3.05, 3.63) is 48.9 Å². The molecule has 200 valence electrons. The van der Waals surface area contributed by atoms with E-state index >= 15 is 0 Å². The van der Waals surface area contributed by atoms with E-state index in [2.05, 4.69) is 20.2 Å². The van der Waals surface area contributed by atoms with Gasteiger partial charge in [0.05, 0.1) is 30.4 Å². The number of benzene rings is 1. The van der Waals surface area contributed by atoms with Gasteiger partial charge in [0.25, 0.3) is 0 Å². The second-order valence-corrected chi connectivity index (χ2v) is 9.97. The van der Waals surface area contributed by atoms with Crippen LogP contribution < -0.4 is 16.0 Å². The topological polar surface area (TPSA) is 152 Å². The maximum Gasteiger partial charge on any atom is 0.227 e. The van der Waals surface area contributed by atoms with Crippen LogP contribution in [0.4, 0.5) is 17.5 Å². The molecule has 1 saturated carbocycles. The highest BCUT2D eigenvalue weighted by Gasteiger charge is 2.25. The van der Waals surface area contributed by atoms with Gasteiger partial charge in [0.2, 0.25) is 11.9 Å². The van der Waals surface area contributed by atoms with Crippen LogP contribution in [-0.4, -0.2) is 68.3 Å². The molecule has 1 aliphatic carbocycles. The molecule has 0 radical (unpaired) electrons. The van der Waals surface area contributed by atoms with Gasteiger partial charge in [0.15, 0.2) is 11.6 Å². The number of pyridine rings is 1. The molecule has 4 N–H and O–H groups in total. The number of morpholine rings is 1. The van der Waals surface area contributed by atoms with Gasteiger partial charge in [-0.15, -0.1) is 0 Å². The van der Waals surface area contributed by atoms with Crippen LogP contribution in [-0.2, 0) is 9.53 Å². The summed E-state index contributed by atoms with van der Waals surface area (Å²) in [5, 5.41) is 12.8. The minimum absolute atomic E-state index is 0.00561. The van der Waals surface area contributed by atoms with Gasteiger partial charge in [0, 0.05) is 48.8 Å². The van der Waals surface area contributed by atoms with E-state index in [1.807, 2.05) is 36.5 Å². The molecular formula is C28H30N8O3. The Kier molecular flexibility index (Phi) is 6.99. The van der Waals surface area contributed by atoms with E-state index in [0.29, 0.717) is 74.4 Å². The van der Waals surface area contributed by atoms with Crippen molar-refractivity contribution in [2.75, 3.05) is 42.3 Å². The average Bonchev–Trinajstić information content (AvgIpc) is 2.97. The summed E-state index contributed by atoms with van der Waals surface area (Å²) in [7, 11) is 0. The summed E-state index contributed by atoms with van der Waals surface area (Å²) in [5.74, 6) is 1.33. The quantitative estimate of drug-likeness (QED) is 0.354. The number of carbonyl (C=O) groups excluding carboxylic acids is 1. The highest BCUT2D eigenvalue weighted by Crippen LogP contribution is 2.31. The van der Waals surface area contributed by atoms with Crippen LogP contribution in [0.25, 0.3) is 33.5 Å². The minimum atomic E-state index is -0.293. The van der Waals surface area contributed by atoms with E-state index in [1.165, 1.54) is 0 Å². The lowest BCUT2D eigenvalue weighted by molar-refractivity contribution is -0.121. The number of aliphatic hydroxyl groups is 1. The summed E-state index contributed by atoms with van der Waals surface area (Å²) in [4.78, 5) is 37.6. The van der Waals surface area contributed by atoms with Crippen LogP contribution in [0.2, 0.25) is 0 Å². The highest BCUT2D eigenvalue weighted by atomic mass is 16.5. The van der Waals surface area contributed by atoms with E-state index in [-0.39, 0.29) is 23.9 Å². The van der Waals surface area contributed by atoms with Crippen molar-refractivity contribution in [2.24, 2.45) is 5.92 Å². The fourth-order valence-electron chi connectivity index (χ4n) is 5.10. The average molecular weight is 527 g/mol. The van der Waals surface area contributed by atoms with Crippen LogP contribution >= 0.6 is 0 Å². The molecule has 1 aromatic carbocycles. The molecule has 11 nitrogen and oxygen atoms in total. The van der Waals surface area contributed by atoms with E-state index in [0.717, 1.165) is 22.6 Å². The molecule has 0 unspecified atom stereocenters. The summed E-state index contributed by atoms with van der Waals surface area (Å²) in [6.07, 6.45) is 7.48. The van der Waals surface area contributed by atoms with Crippen molar-refractivity contribution in [1.29, 1.82) is 0 Å². The third kappa shape index (κ3) is 5.50. The monoisotopic (exact) mass is 526 g/mol. The zero-order chi connectivity index (χ0) is 26.8. The molecule has 11 heteroatoms. The number of rotatable bonds is 5. The number of fused-ring (bicyclic) bond motifs is 1. The molecule has 4 heterocycles.